The number of carbonyl (C=O) groups is 1. The molecule has 1 amide bonds. The van der Waals surface area contributed by atoms with Gasteiger partial charge < -0.3 is 23.5 Å². The highest BCUT2D eigenvalue weighted by Gasteiger charge is 2.43. The van der Waals surface area contributed by atoms with Gasteiger partial charge in [-0.05, 0) is 31.9 Å². The van der Waals surface area contributed by atoms with Crippen LogP contribution in [0.2, 0.25) is 0 Å². The molecule has 2 aromatic heterocycles. The lowest BCUT2D eigenvalue weighted by atomic mass is 9.90. The average molecular weight is 388 g/mol. The van der Waals surface area contributed by atoms with Crippen LogP contribution < -0.4 is 0 Å². The second-order valence-corrected chi connectivity index (χ2v) is 7.75. The van der Waals surface area contributed by atoms with Crippen LogP contribution in [0.4, 0.5) is 0 Å². The molecular weight excluding hydrogens is 360 g/mol. The first-order valence-electron chi connectivity index (χ1n) is 9.92. The van der Waals surface area contributed by atoms with Crippen LogP contribution in [0.15, 0.2) is 16.7 Å². The molecule has 0 saturated carbocycles. The fraction of sp³-hybridized carbons (Fsp3) is 0.650. The third-order valence-corrected chi connectivity index (χ3v) is 6.26. The molecule has 0 aromatic carbocycles. The number of aromatic nitrogens is 3. The lowest BCUT2D eigenvalue weighted by Gasteiger charge is -2.38. The molecule has 2 aromatic rings. The quantitative estimate of drug-likeness (QED) is 0.800. The van der Waals surface area contributed by atoms with Crippen molar-refractivity contribution >= 4 is 5.91 Å². The Morgan fingerprint density at radius 1 is 1.25 bits per heavy atom. The maximum atomic E-state index is 12.9. The molecule has 0 bridgehead atoms. The number of ether oxygens (including phenoxy) is 2. The predicted molar refractivity (Wildman–Crippen MR) is 101 cm³/mol. The van der Waals surface area contributed by atoms with E-state index in [1.165, 1.54) is 0 Å². The molecule has 2 aliphatic heterocycles. The van der Waals surface area contributed by atoms with Gasteiger partial charge in [0.2, 0.25) is 0 Å². The fourth-order valence-electron chi connectivity index (χ4n) is 4.11. The number of nitrogens with zero attached hydrogens (tertiary/aromatic N) is 4. The molecule has 4 rings (SSSR count). The van der Waals surface area contributed by atoms with Crippen LogP contribution in [-0.2, 0) is 22.1 Å². The first-order valence-corrected chi connectivity index (χ1v) is 9.92. The zero-order chi connectivity index (χ0) is 19.7. The topological polar surface area (TPSA) is 82.6 Å². The molecule has 0 aliphatic carbocycles. The van der Waals surface area contributed by atoms with E-state index in [1.807, 2.05) is 35.6 Å². The summed E-state index contributed by atoms with van der Waals surface area (Å²) in [6.07, 6.45) is 3.09. The van der Waals surface area contributed by atoms with Gasteiger partial charge in [-0.15, -0.1) is 0 Å². The molecule has 0 radical (unpaired) electrons. The van der Waals surface area contributed by atoms with Crippen LogP contribution in [-0.4, -0.2) is 58.9 Å². The highest BCUT2D eigenvalue weighted by atomic mass is 16.5. The third-order valence-electron chi connectivity index (χ3n) is 6.26. The standard InChI is InChI=1S/C20H28N4O4/c1-14-4-5-16(23(14)2)18(25)24-10-8-20(26-3,9-11-24)19-21-17(22-28-19)15-6-12-27-13-7-15/h4-5,15H,6-13H2,1-3H3. The monoisotopic (exact) mass is 388 g/mol. The van der Waals surface area contributed by atoms with Crippen LogP contribution in [0.1, 0.15) is 59.5 Å². The van der Waals surface area contributed by atoms with E-state index >= 15 is 0 Å². The van der Waals surface area contributed by atoms with Crippen molar-refractivity contribution in [3.05, 3.63) is 35.2 Å². The van der Waals surface area contributed by atoms with Crippen LogP contribution in [0.3, 0.4) is 0 Å². The average Bonchev–Trinajstić information content (AvgIpc) is 3.36. The van der Waals surface area contributed by atoms with Crippen molar-refractivity contribution in [3.8, 4) is 0 Å². The lowest BCUT2D eigenvalue weighted by molar-refractivity contribution is -0.0780. The summed E-state index contributed by atoms with van der Waals surface area (Å²) in [5.41, 5.74) is 1.15. The number of rotatable bonds is 4. The Morgan fingerprint density at radius 3 is 2.57 bits per heavy atom. The van der Waals surface area contributed by atoms with E-state index in [9.17, 15) is 4.79 Å². The SMILES string of the molecule is COC1(c2nc(C3CCOCC3)no2)CCN(C(=O)c2ccc(C)n2C)CC1. The number of piperidine rings is 1. The van der Waals surface area contributed by atoms with Crippen LogP contribution >= 0.6 is 0 Å². The summed E-state index contributed by atoms with van der Waals surface area (Å²) < 4.78 is 18.8. The Morgan fingerprint density at radius 2 is 1.96 bits per heavy atom. The highest BCUT2D eigenvalue weighted by Crippen LogP contribution is 2.37. The number of amides is 1. The van der Waals surface area contributed by atoms with Gasteiger partial charge in [0.15, 0.2) is 5.82 Å². The maximum Gasteiger partial charge on any atom is 0.270 e. The van der Waals surface area contributed by atoms with Crippen molar-refractivity contribution < 1.29 is 18.8 Å². The number of hydrogen-bond donors (Lipinski definition) is 0. The number of hydrogen-bond acceptors (Lipinski definition) is 6. The summed E-state index contributed by atoms with van der Waals surface area (Å²) in [5.74, 6) is 1.60. The summed E-state index contributed by atoms with van der Waals surface area (Å²) in [7, 11) is 3.60. The summed E-state index contributed by atoms with van der Waals surface area (Å²) in [6.45, 7) is 4.64. The fourth-order valence-corrected chi connectivity index (χ4v) is 4.11. The van der Waals surface area contributed by atoms with Crippen molar-refractivity contribution in [1.29, 1.82) is 0 Å². The van der Waals surface area contributed by atoms with Crippen molar-refractivity contribution in [2.45, 2.75) is 44.1 Å². The maximum absolute atomic E-state index is 12.9. The molecule has 0 unspecified atom stereocenters. The van der Waals surface area contributed by atoms with Gasteiger partial charge >= 0.3 is 0 Å². The second-order valence-electron chi connectivity index (χ2n) is 7.75. The van der Waals surface area contributed by atoms with Crippen molar-refractivity contribution in [1.82, 2.24) is 19.6 Å². The number of aryl methyl sites for hydroxylation is 1. The van der Waals surface area contributed by atoms with Crippen molar-refractivity contribution in [2.24, 2.45) is 7.05 Å². The van der Waals surface area contributed by atoms with Gasteiger partial charge in [0, 0.05) is 64.9 Å². The van der Waals surface area contributed by atoms with Crippen molar-refractivity contribution in [3.63, 3.8) is 0 Å². The largest absolute Gasteiger partial charge is 0.381 e. The zero-order valence-corrected chi connectivity index (χ0v) is 16.8. The minimum absolute atomic E-state index is 0.0497. The number of carbonyl (C=O) groups excluding carboxylic acids is 1. The number of likely N-dealkylation sites (tertiary alicyclic amines) is 1. The predicted octanol–water partition coefficient (Wildman–Crippen LogP) is 2.39. The van der Waals surface area contributed by atoms with Gasteiger partial charge in [0.25, 0.3) is 11.8 Å². The summed E-state index contributed by atoms with van der Waals surface area (Å²) in [6, 6.07) is 3.85. The summed E-state index contributed by atoms with van der Waals surface area (Å²) in [5, 5.41) is 4.22. The minimum atomic E-state index is -0.628. The Hall–Kier alpha value is -2.19. The summed E-state index contributed by atoms with van der Waals surface area (Å²) >= 11 is 0. The van der Waals surface area contributed by atoms with Crippen LogP contribution in [0.5, 0.6) is 0 Å². The lowest BCUT2D eigenvalue weighted by Crippen LogP contribution is -2.46. The molecule has 28 heavy (non-hydrogen) atoms. The van der Waals surface area contributed by atoms with Crippen LogP contribution in [0, 0.1) is 6.92 Å². The molecule has 2 saturated heterocycles. The van der Waals surface area contributed by atoms with Gasteiger partial charge in [-0.25, -0.2) is 0 Å². The molecule has 8 heteroatoms. The first kappa shape index (κ1) is 19.1. The van der Waals surface area contributed by atoms with E-state index in [0.717, 1.165) is 37.6 Å². The Labute approximate surface area is 164 Å². The highest BCUT2D eigenvalue weighted by molar-refractivity contribution is 5.93. The Balaban J connectivity index is 1.46. The van der Waals surface area contributed by atoms with E-state index in [0.29, 0.717) is 37.5 Å². The Bertz CT molecular complexity index is 829. The van der Waals surface area contributed by atoms with E-state index in [4.69, 9.17) is 14.0 Å². The van der Waals surface area contributed by atoms with Gasteiger partial charge in [0.1, 0.15) is 11.3 Å². The second kappa shape index (κ2) is 7.67. The molecule has 152 valence electrons. The molecular formula is C20H28N4O4. The van der Waals surface area contributed by atoms with E-state index in [1.54, 1.807) is 7.11 Å². The molecule has 0 N–H and O–H groups in total. The summed E-state index contributed by atoms with van der Waals surface area (Å²) in [4.78, 5) is 19.4. The minimum Gasteiger partial charge on any atom is -0.381 e. The van der Waals surface area contributed by atoms with Gasteiger partial charge in [-0.3, -0.25) is 4.79 Å². The van der Waals surface area contributed by atoms with Gasteiger partial charge in [-0.2, -0.15) is 4.98 Å². The molecule has 4 heterocycles. The van der Waals surface area contributed by atoms with E-state index in [2.05, 4.69) is 10.1 Å². The van der Waals surface area contributed by atoms with E-state index < -0.39 is 5.60 Å². The van der Waals surface area contributed by atoms with Gasteiger partial charge in [-0.1, -0.05) is 5.16 Å². The van der Waals surface area contributed by atoms with E-state index in [-0.39, 0.29) is 11.8 Å². The zero-order valence-electron chi connectivity index (χ0n) is 16.8. The molecule has 0 spiro atoms. The third kappa shape index (κ3) is 3.35. The Kier molecular flexibility index (Phi) is 5.25. The number of methoxy groups -OCH3 is 1. The van der Waals surface area contributed by atoms with Crippen molar-refractivity contribution in [2.75, 3.05) is 33.4 Å². The first-order chi connectivity index (χ1) is 13.5. The molecule has 2 fully saturated rings. The molecule has 0 atom stereocenters. The smallest absolute Gasteiger partial charge is 0.270 e. The molecule has 8 nitrogen and oxygen atoms in total. The van der Waals surface area contributed by atoms with Crippen LogP contribution in [0.25, 0.3) is 0 Å². The molecule has 2 aliphatic rings. The normalized spacial score (nSPS) is 20.5. The van der Waals surface area contributed by atoms with Gasteiger partial charge in [0.05, 0.1) is 0 Å².